The fraction of sp³-hybridized carbons (Fsp3) is 0.185. The number of hydrogen-bond donors (Lipinski definition) is 2. The fourth-order valence-corrected chi connectivity index (χ4v) is 5.47. The smallest absolute Gasteiger partial charge is 0.322 e. The van der Waals surface area contributed by atoms with Gasteiger partial charge in [0.15, 0.2) is 5.76 Å². The van der Waals surface area contributed by atoms with Gasteiger partial charge in [-0.1, -0.05) is 56.3 Å². The monoisotopic (exact) mass is 506 g/mol. The van der Waals surface area contributed by atoms with Crippen molar-refractivity contribution in [2.45, 2.75) is 24.8 Å². The first-order valence-corrected chi connectivity index (χ1v) is 12.7. The number of benzene rings is 3. The van der Waals surface area contributed by atoms with Crippen molar-refractivity contribution >= 4 is 38.6 Å². The van der Waals surface area contributed by atoms with E-state index in [-0.39, 0.29) is 16.6 Å². The normalized spacial score (nSPS) is 12.7. The van der Waals surface area contributed by atoms with Crippen molar-refractivity contribution in [2.75, 3.05) is 12.4 Å². The van der Waals surface area contributed by atoms with E-state index in [0.29, 0.717) is 11.3 Å². The van der Waals surface area contributed by atoms with E-state index in [1.54, 1.807) is 50.2 Å². The van der Waals surface area contributed by atoms with Gasteiger partial charge in [0, 0.05) is 18.1 Å². The van der Waals surface area contributed by atoms with E-state index in [4.69, 9.17) is 4.42 Å². The van der Waals surface area contributed by atoms with Crippen LogP contribution in [0.1, 0.15) is 24.4 Å². The SMILES string of the molecule is CC(C)[C@H](C(=O)O)N(C)S(=O)(=O)c1ccc(-c2ccc(NC(=O)c3cc4ccccc4o3)cc2)cc1. The van der Waals surface area contributed by atoms with E-state index in [2.05, 4.69) is 5.32 Å². The maximum Gasteiger partial charge on any atom is 0.322 e. The van der Waals surface area contributed by atoms with Crippen molar-refractivity contribution < 1.29 is 27.5 Å². The number of amides is 1. The zero-order chi connectivity index (χ0) is 26.0. The zero-order valence-corrected chi connectivity index (χ0v) is 20.8. The van der Waals surface area contributed by atoms with Crippen LogP contribution in [-0.2, 0) is 14.8 Å². The third-order valence-corrected chi connectivity index (χ3v) is 7.79. The van der Waals surface area contributed by atoms with E-state index >= 15 is 0 Å². The summed E-state index contributed by atoms with van der Waals surface area (Å²) in [6.45, 7) is 3.33. The van der Waals surface area contributed by atoms with Gasteiger partial charge in [-0.2, -0.15) is 4.31 Å². The van der Waals surface area contributed by atoms with Crippen LogP contribution >= 0.6 is 0 Å². The molecule has 0 saturated carbocycles. The molecule has 0 bridgehead atoms. The van der Waals surface area contributed by atoms with Gasteiger partial charge in [-0.25, -0.2) is 8.42 Å². The van der Waals surface area contributed by atoms with Crippen molar-refractivity contribution in [1.29, 1.82) is 0 Å². The van der Waals surface area contributed by atoms with Crippen LogP contribution in [0.2, 0.25) is 0 Å². The molecule has 0 fully saturated rings. The molecule has 1 aromatic heterocycles. The first-order chi connectivity index (χ1) is 17.1. The van der Waals surface area contributed by atoms with Gasteiger partial charge in [-0.05, 0) is 53.4 Å². The Hall–Kier alpha value is -3.95. The number of anilines is 1. The number of furan rings is 1. The molecule has 0 saturated heterocycles. The highest BCUT2D eigenvalue weighted by molar-refractivity contribution is 7.89. The largest absolute Gasteiger partial charge is 0.480 e. The summed E-state index contributed by atoms with van der Waals surface area (Å²) in [6.07, 6.45) is 0. The molecule has 0 radical (unpaired) electrons. The third kappa shape index (κ3) is 5.02. The Morgan fingerprint density at radius 1 is 0.917 bits per heavy atom. The molecule has 1 atom stereocenters. The minimum absolute atomic E-state index is 0.00960. The zero-order valence-electron chi connectivity index (χ0n) is 20.0. The molecular formula is C27H26N2O6S. The number of carboxylic acid groups (broad SMARTS) is 1. The molecule has 4 rings (SSSR count). The Kier molecular flexibility index (Phi) is 6.96. The van der Waals surface area contributed by atoms with Crippen LogP contribution in [-0.4, -0.2) is 42.8 Å². The predicted octanol–water partition coefficient (Wildman–Crippen LogP) is 5.08. The molecule has 0 aliphatic carbocycles. The lowest BCUT2D eigenvalue weighted by Crippen LogP contribution is -2.45. The van der Waals surface area contributed by atoms with Gasteiger partial charge in [-0.3, -0.25) is 9.59 Å². The van der Waals surface area contributed by atoms with Crippen LogP contribution in [0.5, 0.6) is 0 Å². The summed E-state index contributed by atoms with van der Waals surface area (Å²) in [5, 5.41) is 13.1. The van der Waals surface area contributed by atoms with E-state index in [9.17, 15) is 23.1 Å². The lowest BCUT2D eigenvalue weighted by atomic mass is 10.1. The second-order valence-electron chi connectivity index (χ2n) is 8.75. The van der Waals surface area contributed by atoms with Gasteiger partial charge in [0.05, 0.1) is 4.90 Å². The molecule has 2 N–H and O–H groups in total. The Morgan fingerprint density at radius 2 is 1.50 bits per heavy atom. The summed E-state index contributed by atoms with van der Waals surface area (Å²) in [6, 6.07) is 21.2. The van der Waals surface area contributed by atoms with E-state index in [1.807, 2.05) is 30.3 Å². The first-order valence-electron chi connectivity index (χ1n) is 11.3. The summed E-state index contributed by atoms with van der Waals surface area (Å²) in [4.78, 5) is 24.1. The highest BCUT2D eigenvalue weighted by Gasteiger charge is 2.34. The highest BCUT2D eigenvalue weighted by Crippen LogP contribution is 2.26. The molecule has 0 spiro atoms. The predicted molar refractivity (Wildman–Crippen MR) is 137 cm³/mol. The molecule has 1 heterocycles. The Morgan fingerprint density at radius 3 is 2.06 bits per heavy atom. The number of carbonyl (C=O) groups is 2. The van der Waals surface area contributed by atoms with Crippen LogP contribution in [0.15, 0.2) is 88.2 Å². The number of fused-ring (bicyclic) bond motifs is 1. The average molecular weight is 507 g/mol. The Bertz CT molecular complexity index is 1470. The Balaban J connectivity index is 1.48. The number of hydrogen-bond acceptors (Lipinski definition) is 5. The standard InChI is InChI=1S/C27H26N2O6S/c1-17(2)25(27(31)32)29(3)36(33,34)22-14-10-19(11-15-22)18-8-12-21(13-9-18)28-26(30)24-16-20-6-4-5-7-23(20)35-24/h4-17,25H,1-3H3,(H,28,30)(H,31,32)/t25-/m1/s1. The molecule has 36 heavy (non-hydrogen) atoms. The first kappa shape index (κ1) is 25.2. The topological polar surface area (TPSA) is 117 Å². The van der Waals surface area contributed by atoms with Crippen LogP contribution < -0.4 is 5.32 Å². The van der Waals surface area contributed by atoms with Crippen LogP contribution in [0.4, 0.5) is 5.69 Å². The second-order valence-corrected chi connectivity index (χ2v) is 10.8. The summed E-state index contributed by atoms with van der Waals surface area (Å²) < 4.78 is 32.4. The molecule has 1 amide bonds. The molecule has 0 unspecified atom stereocenters. The number of carboxylic acids is 1. The molecule has 186 valence electrons. The van der Waals surface area contributed by atoms with Crippen LogP contribution in [0.3, 0.4) is 0 Å². The average Bonchev–Trinajstić information content (AvgIpc) is 3.29. The van der Waals surface area contributed by atoms with E-state index in [1.165, 1.54) is 19.2 Å². The second kappa shape index (κ2) is 9.96. The number of likely N-dealkylation sites (N-methyl/N-ethyl adjacent to an activating group) is 1. The van der Waals surface area contributed by atoms with Gasteiger partial charge in [-0.15, -0.1) is 0 Å². The summed E-state index contributed by atoms with van der Waals surface area (Å²) >= 11 is 0. The molecular weight excluding hydrogens is 480 g/mol. The van der Waals surface area contributed by atoms with Gasteiger partial charge in [0.1, 0.15) is 11.6 Å². The molecule has 9 heteroatoms. The number of carbonyl (C=O) groups excluding carboxylic acids is 1. The van der Waals surface area contributed by atoms with Crippen molar-refractivity contribution in [3.63, 3.8) is 0 Å². The van der Waals surface area contributed by atoms with Crippen molar-refractivity contribution in [2.24, 2.45) is 5.92 Å². The maximum absolute atomic E-state index is 13.0. The van der Waals surface area contributed by atoms with Gasteiger partial charge >= 0.3 is 5.97 Å². The highest BCUT2D eigenvalue weighted by atomic mass is 32.2. The number of rotatable bonds is 8. The van der Waals surface area contributed by atoms with Crippen LogP contribution in [0.25, 0.3) is 22.1 Å². The van der Waals surface area contributed by atoms with E-state index < -0.39 is 28.0 Å². The van der Waals surface area contributed by atoms with Gasteiger partial charge in [0.2, 0.25) is 10.0 Å². The van der Waals surface area contributed by atoms with E-state index in [0.717, 1.165) is 20.8 Å². The van der Waals surface area contributed by atoms with Crippen molar-refractivity contribution in [1.82, 2.24) is 4.31 Å². The molecule has 0 aliphatic rings. The summed E-state index contributed by atoms with van der Waals surface area (Å²) in [7, 11) is -2.71. The van der Waals surface area contributed by atoms with Crippen LogP contribution in [0, 0.1) is 5.92 Å². The van der Waals surface area contributed by atoms with Crippen molar-refractivity contribution in [3.05, 3.63) is 84.6 Å². The van der Waals surface area contributed by atoms with Gasteiger partial charge < -0.3 is 14.8 Å². The molecule has 8 nitrogen and oxygen atoms in total. The number of nitrogens with one attached hydrogen (secondary N) is 1. The van der Waals surface area contributed by atoms with Gasteiger partial charge in [0.25, 0.3) is 5.91 Å². The fourth-order valence-electron chi connectivity index (χ4n) is 4.03. The third-order valence-electron chi connectivity index (χ3n) is 5.93. The van der Waals surface area contributed by atoms with Crippen molar-refractivity contribution in [3.8, 4) is 11.1 Å². The molecule has 3 aromatic carbocycles. The quantitative estimate of drug-likeness (QED) is 0.344. The minimum atomic E-state index is -3.99. The summed E-state index contributed by atoms with van der Waals surface area (Å²) in [5.74, 6) is -1.74. The number of nitrogens with zero attached hydrogens (tertiary/aromatic N) is 1. The lowest BCUT2D eigenvalue weighted by molar-refractivity contribution is -0.142. The summed E-state index contributed by atoms with van der Waals surface area (Å²) in [5.41, 5.74) is 2.81. The number of aliphatic carboxylic acids is 1. The molecule has 0 aliphatic heterocycles. The Labute approximate surface area is 209 Å². The lowest BCUT2D eigenvalue weighted by Gasteiger charge is -2.27. The molecule has 4 aromatic rings. The maximum atomic E-state index is 13.0. The number of sulfonamides is 1. The minimum Gasteiger partial charge on any atom is -0.480 e. The number of para-hydroxylation sites is 1.